The van der Waals surface area contributed by atoms with E-state index in [1.165, 1.54) is 28.9 Å². The zero-order valence-electron chi connectivity index (χ0n) is 24.7. The fourth-order valence-corrected chi connectivity index (χ4v) is 4.58. The van der Waals surface area contributed by atoms with Crippen LogP contribution in [0.15, 0.2) is 34.7 Å². The number of carboxylic acid groups (broad SMARTS) is 3. The van der Waals surface area contributed by atoms with Crippen LogP contribution < -0.4 is 15.1 Å². The number of carboxylic acids is 3. The molecule has 1 aromatic heterocycles. The number of rotatable bonds is 11. The van der Waals surface area contributed by atoms with E-state index in [4.69, 9.17) is 29.6 Å². The number of hydrogen-bond donors (Lipinski definition) is 5. The Hall–Kier alpha value is -5.79. The van der Waals surface area contributed by atoms with E-state index in [2.05, 4.69) is 5.32 Å². The van der Waals surface area contributed by atoms with E-state index < -0.39 is 71.1 Å². The zero-order valence-corrected chi connectivity index (χ0v) is 24.7. The number of ether oxygens (including phenoxy) is 1. The number of cyclic esters (lactones) is 1. The topological polar surface area (TPSA) is 271 Å². The lowest BCUT2D eigenvalue weighted by Crippen LogP contribution is -2.49. The van der Waals surface area contributed by atoms with Gasteiger partial charge >= 0.3 is 29.9 Å². The number of furan rings is 1. The lowest BCUT2D eigenvalue weighted by atomic mass is 9.96. The number of carbonyl (C=O) groups excluding carboxylic acids is 3. The van der Waals surface area contributed by atoms with Crippen LogP contribution in [0.25, 0.3) is 0 Å². The van der Waals surface area contributed by atoms with Crippen LogP contribution in [0.2, 0.25) is 0 Å². The van der Waals surface area contributed by atoms with Gasteiger partial charge in [0.05, 0.1) is 43.4 Å². The number of aliphatic hydroxyl groups is 1. The van der Waals surface area contributed by atoms with Gasteiger partial charge in [0.25, 0.3) is 5.91 Å². The Labute approximate surface area is 263 Å². The highest BCUT2D eigenvalue weighted by Crippen LogP contribution is 2.29. The Bertz CT molecular complexity index is 1540. The monoisotopic (exact) mass is 667 g/mol. The minimum absolute atomic E-state index is 0.120. The second-order valence-electron chi connectivity index (χ2n) is 10.3. The standard InChI is InChI=1S/C21H22FN5O7.C6H8O7/c1-13(28)23-11-15-12-26(21(30)33-15)14-2-3-17(16(22)10-14)24-6-8-25(9-7-24)20(29)18-4-5-19(34-18)27(31)32;7-3(8)1-6(13,5(11)12)2-4(9)10/h2-5,10,15H,6-9,11-12H2,1H3,(H,23,28);13H,1-2H2,(H,7,8)(H,9,10)(H,11,12). The third-order valence-corrected chi connectivity index (χ3v) is 6.87. The van der Waals surface area contributed by atoms with Crippen molar-refractivity contribution in [3.63, 3.8) is 0 Å². The molecule has 254 valence electrons. The molecule has 0 bridgehead atoms. The summed E-state index contributed by atoms with van der Waals surface area (Å²) in [6.07, 6.45) is -3.43. The second-order valence-corrected chi connectivity index (χ2v) is 10.3. The highest BCUT2D eigenvalue weighted by atomic mass is 19.1. The summed E-state index contributed by atoms with van der Waals surface area (Å²) in [4.78, 5) is 80.8. The molecule has 1 aromatic carbocycles. The molecule has 2 saturated heterocycles. The van der Waals surface area contributed by atoms with Gasteiger partial charge in [-0.25, -0.2) is 14.0 Å². The molecular weight excluding hydrogens is 637 g/mol. The normalized spacial score (nSPS) is 16.1. The van der Waals surface area contributed by atoms with Gasteiger partial charge in [0.1, 0.15) is 16.8 Å². The maximum absolute atomic E-state index is 14.9. The number of nitro groups is 1. The van der Waals surface area contributed by atoms with E-state index in [-0.39, 0.29) is 37.8 Å². The van der Waals surface area contributed by atoms with Gasteiger partial charge in [-0.3, -0.25) is 34.2 Å². The quantitative estimate of drug-likeness (QED) is 0.161. The number of amides is 3. The van der Waals surface area contributed by atoms with Crippen molar-refractivity contribution in [2.24, 2.45) is 0 Å². The van der Waals surface area contributed by atoms with Crippen molar-refractivity contribution in [2.45, 2.75) is 31.5 Å². The number of nitrogens with zero attached hydrogens (tertiary/aromatic N) is 4. The number of hydrogen-bond acceptors (Lipinski definition) is 12. The predicted molar refractivity (Wildman–Crippen MR) is 153 cm³/mol. The van der Waals surface area contributed by atoms with Crippen molar-refractivity contribution < 1.29 is 67.7 Å². The SMILES string of the molecule is CC(=O)NCC1CN(c2ccc(N3CCN(C(=O)c4ccc([N+](=O)[O-])o4)CC3)c(F)c2)C(=O)O1.O=C(O)CC(O)(CC(=O)O)C(=O)O. The van der Waals surface area contributed by atoms with Crippen molar-refractivity contribution in [1.82, 2.24) is 10.2 Å². The molecule has 2 aliphatic heterocycles. The average molecular weight is 668 g/mol. The molecule has 2 fully saturated rings. The molecule has 3 heterocycles. The van der Waals surface area contributed by atoms with Crippen molar-refractivity contribution in [2.75, 3.05) is 49.1 Å². The Morgan fingerprint density at radius 1 is 1.04 bits per heavy atom. The molecule has 2 aliphatic rings. The summed E-state index contributed by atoms with van der Waals surface area (Å²) in [7, 11) is 0. The van der Waals surface area contributed by atoms with Crippen LogP contribution in [0.1, 0.15) is 30.3 Å². The van der Waals surface area contributed by atoms with Crippen LogP contribution in [0.3, 0.4) is 0 Å². The van der Waals surface area contributed by atoms with Gasteiger partial charge < -0.3 is 44.7 Å². The molecule has 1 unspecified atom stereocenters. The summed E-state index contributed by atoms with van der Waals surface area (Å²) in [6, 6.07) is 6.80. The molecular formula is C27H30FN5O14. The van der Waals surface area contributed by atoms with Crippen LogP contribution in [-0.2, 0) is 23.9 Å². The molecule has 0 aliphatic carbocycles. The second kappa shape index (κ2) is 15.0. The van der Waals surface area contributed by atoms with Crippen molar-refractivity contribution in [3.05, 3.63) is 52.0 Å². The van der Waals surface area contributed by atoms with Gasteiger partial charge in [0.2, 0.25) is 5.91 Å². The van der Waals surface area contributed by atoms with Crippen molar-refractivity contribution in [3.8, 4) is 0 Å². The fourth-order valence-electron chi connectivity index (χ4n) is 4.58. The first-order valence-electron chi connectivity index (χ1n) is 13.7. The van der Waals surface area contributed by atoms with Gasteiger partial charge in [-0.2, -0.15) is 0 Å². The van der Waals surface area contributed by atoms with E-state index in [0.29, 0.717) is 24.5 Å². The fraction of sp³-hybridized carbons (Fsp3) is 0.407. The highest BCUT2D eigenvalue weighted by molar-refractivity contribution is 5.92. The molecule has 20 heteroatoms. The van der Waals surface area contributed by atoms with Crippen LogP contribution in [0.5, 0.6) is 0 Å². The summed E-state index contributed by atoms with van der Waals surface area (Å²) in [6.45, 7) is 2.96. The van der Waals surface area contributed by atoms with Crippen LogP contribution in [0.4, 0.5) is 26.4 Å². The number of piperazine rings is 1. The molecule has 0 spiro atoms. The summed E-state index contributed by atoms with van der Waals surface area (Å²) < 4.78 is 25.1. The molecule has 0 saturated carbocycles. The number of anilines is 2. The lowest BCUT2D eigenvalue weighted by molar-refractivity contribution is -0.402. The number of carbonyl (C=O) groups is 6. The largest absolute Gasteiger partial charge is 0.481 e. The Kier molecular flexibility index (Phi) is 11.4. The first-order chi connectivity index (χ1) is 22.0. The summed E-state index contributed by atoms with van der Waals surface area (Å²) in [5.74, 6) is -6.88. The molecule has 2 aromatic rings. The smallest absolute Gasteiger partial charge is 0.433 e. The van der Waals surface area contributed by atoms with E-state index in [9.17, 15) is 43.3 Å². The van der Waals surface area contributed by atoms with Crippen molar-refractivity contribution in [1.29, 1.82) is 0 Å². The third kappa shape index (κ3) is 9.36. The molecule has 4 rings (SSSR count). The first-order valence-corrected chi connectivity index (χ1v) is 13.7. The van der Waals surface area contributed by atoms with E-state index >= 15 is 0 Å². The molecule has 3 amide bonds. The van der Waals surface area contributed by atoms with Crippen LogP contribution in [-0.4, -0.2) is 117 Å². The minimum Gasteiger partial charge on any atom is -0.481 e. The number of aliphatic carboxylic acids is 3. The Morgan fingerprint density at radius 3 is 2.15 bits per heavy atom. The molecule has 5 N–H and O–H groups in total. The predicted octanol–water partition coefficient (Wildman–Crippen LogP) is 0.502. The molecule has 47 heavy (non-hydrogen) atoms. The third-order valence-electron chi connectivity index (χ3n) is 6.87. The van der Waals surface area contributed by atoms with Crippen LogP contribution in [0, 0.1) is 15.9 Å². The van der Waals surface area contributed by atoms with E-state index in [0.717, 1.165) is 6.07 Å². The zero-order chi connectivity index (χ0) is 35.1. The Morgan fingerprint density at radius 2 is 1.66 bits per heavy atom. The van der Waals surface area contributed by atoms with Gasteiger partial charge in [-0.05, 0) is 24.3 Å². The van der Waals surface area contributed by atoms with Crippen molar-refractivity contribution >= 4 is 53.1 Å². The number of nitrogens with one attached hydrogen (secondary N) is 1. The number of halogens is 1. The minimum atomic E-state index is -2.74. The van der Waals surface area contributed by atoms with Gasteiger partial charge in [0.15, 0.2) is 11.4 Å². The Balaban J connectivity index is 0.000000392. The van der Waals surface area contributed by atoms with E-state index in [1.54, 1.807) is 17.0 Å². The maximum Gasteiger partial charge on any atom is 0.433 e. The van der Waals surface area contributed by atoms with Gasteiger partial charge in [-0.15, -0.1) is 0 Å². The number of benzene rings is 1. The van der Waals surface area contributed by atoms with E-state index in [1.807, 2.05) is 0 Å². The molecule has 19 nitrogen and oxygen atoms in total. The molecule has 0 radical (unpaired) electrons. The van der Waals surface area contributed by atoms with Gasteiger partial charge in [-0.1, -0.05) is 0 Å². The lowest BCUT2D eigenvalue weighted by Gasteiger charge is -2.36. The van der Waals surface area contributed by atoms with Crippen LogP contribution >= 0.6 is 0 Å². The maximum atomic E-state index is 14.9. The summed E-state index contributed by atoms with van der Waals surface area (Å²) in [5.41, 5.74) is -2.07. The van der Waals surface area contributed by atoms with Gasteiger partial charge in [0, 0.05) is 33.1 Å². The molecule has 1 atom stereocenters. The highest BCUT2D eigenvalue weighted by Gasteiger charge is 2.41. The average Bonchev–Trinajstić information content (AvgIpc) is 3.62. The summed E-state index contributed by atoms with van der Waals surface area (Å²) >= 11 is 0. The summed E-state index contributed by atoms with van der Waals surface area (Å²) in [5, 5.41) is 47.1. The first kappa shape index (κ1) is 35.7.